The number of piperazine rings is 1. The van der Waals surface area contributed by atoms with Crippen molar-refractivity contribution >= 4 is 11.7 Å². The van der Waals surface area contributed by atoms with Crippen molar-refractivity contribution in [3.8, 4) is 0 Å². The Morgan fingerprint density at radius 3 is 2.31 bits per heavy atom. The molecule has 7 nitrogen and oxygen atoms in total. The fraction of sp³-hybridized carbons (Fsp3) is 0.286. The number of anilines is 1. The molecule has 1 aliphatic heterocycles. The predicted molar refractivity (Wildman–Crippen MR) is 108 cm³/mol. The summed E-state index contributed by atoms with van der Waals surface area (Å²) in [6.45, 7) is 3.90. The number of benzene rings is 2. The number of amides is 2. The zero-order valence-corrected chi connectivity index (χ0v) is 16.0. The molecule has 1 fully saturated rings. The average molecular weight is 394 g/mol. The van der Waals surface area contributed by atoms with Crippen LogP contribution in [0.2, 0.25) is 0 Å². The van der Waals surface area contributed by atoms with Gasteiger partial charge in [0, 0.05) is 38.4 Å². The standard InChI is InChI=1S/C21H23FN6O/c22-19-5-7-20(8-6-19)26-9-11-27(12-10-26)21(29)24-13-17-1-3-18(4-2-17)14-28-16-23-15-25-28/h1-8,15-16H,9-14H2,(H,24,29). The minimum Gasteiger partial charge on any atom is -0.368 e. The van der Waals surface area contributed by atoms with Crippen LogP contribution in [0.1, 0.15) is 11.1 Å². The molecule has 1 aliphatic rings. The molecule has 8 heteroatoms. The number of rotatable bonds is 5. The number of nitrogens with one attached hydrogen (secondary N) is 1. The summed E-state index contributed by atoms with van der Waals surface area (Å²) in [4.78, 5) is 20.4. The SMILES string of the molecule is O=C(NCc1ccc(Cn2cncn2)cc1)N1CCN(c2ccc(F)cc2)CC1. The van der Waals surface area contributed by atoms with Gasteiger partial charge in [0.25, 0.3) is 0 Å². The zero-order chi connectivity index (χ0) is 20.1. The van der Waals surface area contributed by atoms with Crippen LogP contribution in [0.15, 0.2) is 61.2 Å². The van der Waals surface area contributed by atoms with Crippen molar-refractivity contribution < 1.29 is 9.18 Å². The van der Waals surface area contributed by atoms with Gasteiger partial charge in [0.15, 0.2) is 0 Å². The van der Waals surface area contributed by atoms with Gasteiger partial charge in [0.1, 0.15) is 18.5 Å². The van der Waals surface area contributed by atoms with Crippen molar-refractivity contribution in [2.24, 2.45) is 0 Å². The normalized spacial score (nSPS) is 14.1. The summed E-state index contributed by atoms with van der Waals surface area (Å²) in [6.07, 6.45) is 3.20. The lowest BCUT2D eigenvalue weighted by atomic mass is 10.1. The molecule has 2 heterocycles. The third kappa shape index (κ3) is 4.90. The number of nitrogens with zero attached hydrogens (tertiary/aromatic N) is 5. The number of hydrogen-bond donors (Lipinski definition) is 1. The number of carbonyl (C=O) groups is 1. The first-order chi connectivity index (χ1) is 14.2. The van der Waals surface area contributed by atoms with Gasteiger partial charge in [0.2, 0.25) is 0 Å². The number of urea groups is 1. The Morgan fingerprint density at radius 1 is 0.966 bits per heavy atom. The lowest BCUT2D eigenvalue weighted by molar-refractivity contribution is 0.194. The second-order valence-corrected chi connectivity index (χ2v) is 7.02. The maximum Gasteiger partial charge on any atom is 0.317 e. The number of halogens is 1. The van der Waals surface area contributed by atoms with Crippen LogP contribution < -0.4 is 10.2 Å². The fourth-order valence-electron chi connectivity index (χ4n) is 3.37. The lowest BCUT2D eigenvalue weighted by Crippen LogP contribution is -2.51. The van der Waals surface area contributed by atoms with Gasteiger partial charge >= 0.3 is 6.03 Å². The Kier molecular flexibility index (Phi) is 5.69. The average Bonchev–Trinajstić information content (AvgIpc) is 3.27. The fourth-order valence-corrected chi connectivity index (χ4v) is 3.37. The minimum atomic E-state index is -0.238. The molecule has 0 atom stereocenters. The molecule has 29 heavy (non-hydrogen) atoms. The topological polar surface area (TPSA) is 66.3 Å². The molecular formula is C21H23FN6O. The maximum atomic E-state index is 13.1. The van der Waals surface area contributed by atoms with E-state index in [1.54, 1.807) is 23.1 Å². The molecule has 1 saturated heterocycles. The highest BCUT2D eigenvalue weighted by Crippen LogP contribution is 2.17. The quantitative estimate of drug-likeness (QED) is 0.722. The molecule has 0 bridgehead atoms. The molecular weight excluding hydrogens is 371 g/mol. The number of aromatic nitrogens is 3. The van der Waals surface area contributed by atoms with Gasteiger partial charge in [-0.1, -0.05) is 24.3 Å². The zero-order valence-electron chi connectivity index (χ0n) is 16.0. The summed E-state index contributed by atoms with van der Waals surface area (Å²) in [5.41, 5.74) is 3.16. The summed E-state index contributed by atoms with van der Waals surface area (Å²) in [5, 5.41) is 7.08. The largest absolute Gasteiger partial charge is 0.368 e. The molecule has 1 N–H and O–H groups in total. The van der Waals surface area contributed by atoms with E-state index >= 15 is 0 Å². The number of hydrogen-bond acceptors (Lipinski definition) is 4. The second kappa shape index (κ2) is 8.72. The van der Waals surface area contributed by atoms with E-state index in [1.165, 1.54) is 18.5 Å². The Morgan fingerprint density at radius 2 is 1.66 bits per heavy atom. The summed E-state index contributed by atoms with van der Waals surface area (Å²) in [5.74, 6) is -0.238. The van der Waals surface area contributed by atoms with Crippen LogP contribution in [-0.2, 0) is 13.1 Å². The Labute approximate surface area is 168 Å². The maximum absolute atomic E-state index is 13.1. The van der Waals surface area contributed by atoms with Crippen LogP contribution in [0.25, 0.3) is 0 Å². The van der Waals surface area contributed by atoms with Gasteiger partial charge in [-0.25, -0.2) is 18.9 Å². The number of carbonyl (C=O) groups excluding carboxylic acids is 1. The van der Waals surface area contributed by atoms with Gasteiger partial charge in [-0.2, -0.15) is 5.10 Å². The van der Waals surface area contributed by atoms with Crippen LogP contribution in [0, 0.1) is 5.82 Å². The Balaban J connectivity index is 1.23. The molecule has 0 radical (unpaired) electrons. The van der Waals surface area contributed by atoms with E-state index in [0.29, 0.717) is 26.2 Å². The van der Waals surface area contributed by atoms with Crippen molar-refractivity contribution in [3.05, 3.63) is 78.1 Å². The van der Waals surface area contributed by atoms with E-state index in [-0.39, 0.29) is 11.8 Å². The molecule has 0 aliphatic carbocycles. The summed E-state index contributed by atoms with van der Waals surface area (Å²) in [6, 6.07) is 14.5. The van der Waals surface area contributed by atoms with E-state index in [1.807, 2.05) is 29.2 Å². The van der Waals surface area contributed by atoms with Gasteiger partial charge in [-0.15, -0.1) is 0 Å². The van der Waals surface area contributed by atoms with Gasteiger partial charge < -0.3 is 15.1 Å². The first kappa shape index (κ1) is 18.9. The van der Waals surface area contributed by atoms with Crippen molar-refractivity contribution in [2.75, 3.05) is 31.1 Å². The molecule has 0 spiro atoms. The van der Waals surface area contributed by atoms with Crippen LogP contribution in [0.3, 0.4) is 0 Å². The van der Waals surface area contributed by atoms with Crippen LogP contribution in [-0.4, -0.2) is 51.9 Å². The van der Waals surface area contributed by atoms with Gasteiger partial charge in [-0.05, 0) is 35.4 Å². The molecule has 4 rings (SSSR count). The van der Waals surface area contributed by atoms with Gasteiger partial charge in [-0.3, -0.25) is 0 Å². The molecule has 150 valence electrons. The monoisotopic (exact) mass is 394 g/mol. The van der Waals surface area contributed by atoms with E-state index in [0.717, 1.165) is 29.9 Å². The first-order valence-electron chi connectivity index (χ1n) is 9.61. The first-order valence-corrected chi connectivity index (χ1v) is 9.61. The highest BCUT2D eigenvalue weighted by atomic mass is 19.1. The van der Waals surface area contributed by atoms with Crippen molar-refractivity contribution in [3.63, 3.8) is 0 Å². The van der Waals surface area contributed by atoms with Gasteiger partial charge in [0.05, 0.1) is 6.54 Å². The Bertz CT molecular complexity index is 919. The third-order valence-corrected chi connectivity index (χ3v) is 5.04. The minimum absolute atomic E-state index is 0.0598. The molecule has 1 aromatic heterocycles. The van der Waals surface area contributed by atoms with Crippen LogP contribution >= 0.6 is 0 Å². The third-order valence-electron chi connectivity index (χ3n) is 5.04. The summed E-state index contributed by atoms with van der Waals surface area (Å²) >= 11 is 0. The van der Waals surface area contributed by atoms with E-state index in [9.17, 15) is 9.18 Å². The van der Waals surface area contributed by atoms with E-state index < -0.39 is 0 Å². The van der Waals surface area contributed by atoms with Crippen LogP contribution in [0.5, 0.6) is 0 Å². The molecule has 3 aromatic rings. The predicted octanol–water partition coefficient (Wildman–Crippen LogP) is 2.50. The highest BCUT2D eigenvalue weighted by Gasteiger charge is 2.21. The highest BCUT2D eigenvalue weighted by molar-refractivity contribution is 5.74. The molecule has 2 aromatic carbocycles. The smallest absolute Gasteiger partial charge is 0.317 e. The molecule has 2 amide bonds. The van der Waals surface area contributed by atoms with Crippen LogP contribution in [0.4, 0.5) is 14.9 Å². The van der Waals surface area contributed by atoms with E-state index in [2.05, 4.69) is 20.3 Å². The second-order valence-electron chi connectivity index (χ2n) is 7.02. The molecule has 0 saturated carbocycles. The van der Waals surface area contributed by atoms with Crippen molar-refractivity contribution in [2.45, 2.75) is 13.1 Å². The summed E-state index contributed by atoms with van der Waals surface area (Å²) < 4.78 is 14.8. The summed E-state index contributed by atoms with van der Waals surface area (Å²) in [7, 11) is 0. The van der Waals surface area contributed by atoms with Crippen molar-refractivity contribution in [1.82, 2.24) is 25.0 Å². The van der Waals surface area contributed by atoms with Crippen molar-refractivity contribution in [1.29, 1.82) is 0 Å². The molecule has 0 unspecified atom stereocenters. The van der Waals surface area contributed by atoms with E-state index in [4.69, 9.17) is 0 Å². The lowest BCUT2D eigenvalue weighted by Gasteiger charge is -2.36. The Hall–Kier alpha value is -3.42.